The van der Waals surface area contributed by atoms with E-state index in [4.69, 9.17) is 9.47 Å². The van der Waals surface area contributed by atoms with Gasteiger partial charge >= 0.3 is 0 Å². The van der Waals surface area contributed by atoms with Gasteiger partial charge in [0, 0.05) is 30.7 Å². The lowest BCUT2D eigenvalue weighted by atomic mass is 10.2. The molecule has 126 valence electrons. The van der Waals surface area contributed by atoms with Crippen LogP contribution in [0.4, 0.5) is 11.4 Å². The van der Waals surface area contributed by atoms with Gasteiger partial charge in [0.05, 0.1) is 13.2 Å². The van der Waals surface area contributed by atoms with Crippen LogP contribution in [0.1, 0.15) is 23.3 Å². The lowest BCUT2D eigenvalue weighted by Crippen LogP contribution is -2.19. The molecule has 2 heterocycles. The number of nitrogens with zero attached hydrogens (tertiary/aromatic N) is 1. The maximum Gasteiger partial charge on any atom is 0.274 e. The molecule has 1 unspecified atom stereocenters. The summed E-state index contributed by atoms with van der Waals surface area (Å²) in [6.07, 6.45) is 4.05. The molecule has 6 nitrogen and oxygen atoms in total. The van der Waals surface area contributed by atoms with E-state index in [1.165, 1.54) is 0 Å². The lowest BCUT2D eigenvalue weighted by Gasteiger charge is -2.12. The molecule has 0 saturated carbocycles. The Hall–Kier alpha value is -2.60. The quantitative estimate of drug-likeness (QED) is 0.853. The maximum atomic E-state index is 12.3. The number of ether oxygens (including phenoxy) is 2. The van der Waals surface area contributed by atoms with Crippen LogP contribution in [0.25, 0.3) is 0 Å². The Morgan fingerprint density at radius 1 is 1.29 bits per heavy atom. The van der Waals surface area contributed by atoms with E-state index in [1.54, 1.807) is 43.6 Å². The molecule has 6 heteroatoms. The van der Waals surface area contributed by atoms with Crippen molar-refractivity contribution in [3.05, 3.63) is 48.3 Å². The Labute approximate surface area is 141 Å². The van der Waals surface area contributed by atoms with Crippen molar-refractivity contribution in [2.24, 2.45) is 0 Å². The molecule has 0 spiro atoms. The molecule has 0 bridgehead atoms. The van der Waals surface area contributed by atoms with Crippen LogP contribution < -0.4 is 15.4 Å². The van der Waals surface area contributed by atoms with Gasteiger partial charge in [0.15, 0.2) is 0 Å². The Morgan fingerprint density at radius 3 is 2.83 bits per heavy atom. The molecular weight excluding hydrogens is 306 g/mol. The van der Waals surface area contributed by atoms with Crippen LogP contribution in [0, 0.1) is 0 Å². The van der Waals surface area contributed by atoms with Crippen molar-refractivity contribution in [2.75, 3.05) is 30.9 Å². The number of carbonyl (C=O) groups is 1. The third kappa shape index (κ3) is 4.23. The van der Waals surface area contributed by atoms with Gasteiger partial charge in [0.2, 0.25) is 0 Å². The topological polar surface area (TPSA) is 72.5 Å². The number of amides is 1. The van der Waals surface area contributed by atoms with Gasteiger partial charge in [0.1, 0.15) is 11.4 Å². The minimum Gasteiger partial charge on any atom is -0.497 e. The van der Waals surface area contributed by atoms with E-state index in [0.717, 1.165) is 37.4 Å². The Balaban J connectivity index is 1.60. The molecule has 1 amide bonds. The molecule has 1 aliphatic rings. The first-order chi connectivity index (χ1) is 11.7. The summed E-state index contributed by atoms with van der Waals surface area (Å²) in [7, 11) is 1.60. The summed E-state index contributed by atoms with van der Waals surface area (Å²) in [4.78, 5) is 16.5. The normalized spacial score (nSPS) is 16.6. The first-order valence-corrected chi connectivity index (χ1v) is 8.01. The first kappa shape index (κ1) is 16.3. The van der Waals surface area contributed by atoms with Crippen molar-refractivity contribution in [3.63, 3.8) is 0 Å². The smallest absolute Gasteiger partial charge is 0.274 e. The minimum atomic E-state index is -0.249. The van der Waals surface area contributed by atoms with Crippen LogP contribution in [-0.4, -0.2) is 37.3 Å². The maximum absolute atomic E-state index is 12.3. The highest BCUT2D eigenvalue weighted by Gasteiger charge is 2.15. The van der Waals surface area contributed by atoms with Crippen LogP contribution >= 0.6 is 0 Å². The second kappa shape index (κ2) is 7.79. The number of aromatic nitrogens is 1. The van der Waals surface area contributed by atoms with Crippen LogP contribution in [-0.2, 0) is 4.74 Å². The second-order valence-corrected chi connectivity index (χ2v) is 5.63. The van der Waals surface area contributed by atoms with Crippen LogP contribution in [0.5, 0.6) is 5.75 Å². The summed E-state index contributed by atoms with van der Waals surface area (Å²) in [6.45, 7) is 1.57. The predicted molar refractivity (Wildman–Crippen MR) is 92.6 cm³/mol. The van der Waals surface area contributed by atoms with Crippen molar-refractivity contribution in [2.45, 2.75) is 18.9 Å². The fraction of sp³-hybridized carbons (Fsp3) is 0.333. The molecule has 1 aromatic heterocycles. The van der Waals surface area contributed by atoms with Crippen molar-refractivity contribution < 1.29 is 14.3 Å². The van der Waals surface area contributed by atoms with Gasteiger partial charge in [-0.2, -0.15) is 0 Å². The number of methoxy groups -OCH3 is 1. The van der Waals surface area contributed by atoms with Gasteiger partial charge < -0.3 is 20.1 Å². The molecule has 2 aromatic rings. The van der Waals surface area contributed by atoms with E-state index in [1.807, 2.05) is 6.07 Å². The second-order valence-electron chi connectivity index (χ2n) is 5.63. The van der Waals surface area contributed by atoms with Gasteiger partial charge in [-0.1, -0.05) is 0 Å². The number of nitrogens with one attached hydrogen (secondary N) is 2. The largest absolute Gasteiger partial charge is 0.497 e. The number of pyridine rings is 1. The molecule has 24 heavy (non-hydrogen) atoms. The van der Waals surface area contributed by atoms with Crippen molar-refractivity contribution >= 4 is 17.3 Å². The van der Waals surface area contributed by atoms with E-state index in [0.29, 0.717) is 11.4 Å². The van der Waals surface area contributed by atoms with E-state index < -0.39 is 0 Å². The number of rotatable bonds is 6. The molecule has 1 aliphatic heterocycles. The number of carbonyl (C=O) groups excluding carboxylic acids is 1. The molecule has 1 atom stereocenters. The van der Waals surface area contributed by atoms with Crippen molar-refractivity contribution in [3.8, 4) is 5.75 Å². The average molecular weight is 327 g/mol. The Kier molecular flexibility index (Phi) is 5.28. The number of hydrogen-bond donors (Lipinski definition) is 2. The number of benzene rings is 1. The highest BCUT2D eigenvalue weighted by atomic mass is 16.5. The third-order valence-electron chi connectivity index (χ3n) is 3.90. The highest BCUT2D eigenvalue weighted by molar-refractivity contribution is 6.03. The Morgan fingerprint density at radius 2 is 2.12 bits per heavy atom. The van der Waals surface area contributed by atoms with Gasteiger partial charge in [-0.25, -0.2) is 0 Å². The summed E-state index contributed by atoms with van der Waals surface area (Å²) >= 11 is 0. The first-order valence-electron chi connectivity index (χ1n) is 8.01. The average Bonchev–Trinajstić information content (AvgIpc) is 3.14. The van der Waals surface area contributed by atoms with Gasteiger partial charge in [-0.15, -0.1) is 0 Å². The zero-order valence-corrected chi connectivity index (χ0v) is 13.6. The molecule has 0 radical (unpaired) electrons. The van der Waals surface area contributed by atoms with Crippen LogP contribution in [0.15, 0.2) is 42.6 Å². The zero-order valence-electron chi connectivity index (χ0n) is 13.6. The van der Waals surface area contributed by atoms with Gasteiger partial charge in [-0.05, 0) is 49.2 Å². The van der Waals surface area contributed by atoms with E-state index in [2.05, 4.69) is 15.6 Å². The summed E-state index contributed by atoms with van der Waals surface area (Å²) in [6, 6.07) is 10.8. The molecule has 1 saturated heterocycles. The monoisotopic (exact) mass is 327 g/mol. The number of anilines is 2. The number of hydrogen-bond acceptors (Lipinski definition) is 5. The fourth-order valence-corrected chi connectivity index (χ4v) is 2.57. The van der Waals surface area contributed by atoms with Crippen LogP contribution in [0.2, 0.25) is 0 Å². The lowest BCUT2D eigenvalue weighted by molar-refractivity contribution is 0.102. The van der Waals surface area contributed by atoms with E-state index in [-0.39, 0.29) is 12.0 Å². The zero-order chi connectivity index (χ0) is 16.8. The highest BCUT2D eigenvalue weighted by Crippen LogP contribution is 2.17. The van der Waals surface area contributed by atoms with E-state index >= 15 is 0 Å². The third-order valence-corrected chi connectivity index (χ3v) is 3.90. The molecule has 1 aromatic carbocycles. The van der Waals surface area contributed by atoms with Gasteiger partial charge in [-0.3, -0.25) is 9.78 Å². The predicted octanol–water partition coefficient (Wildman–Crippen LogP) is 2.93. The van der Waals surface area contributed by atoms with E-state index in [9.17, 15) is 4.79 Å². The molecule has 2 N–H and O–H groups in total. The van der Waals surface area contributed by atoms with Crippen molar-refractivity contribution in [1.82, 2.24) is 4.98 Å². The summed E-state index contributed by atoms with van der Waals surface area (Å²) in [5.41, 5.74) is 1.92. The SMILES string of the molecule is COc1ccc(NC(=O)c2cc(NCC3CCCO3)ccn2)cc1. The minimum absolute atomic E-state index is 0.245. The molecule has 0 aliphatic carbocycles. The van der Waals surface area contributed by atoms with Crippen molar-refractivity contribution in [1.29, 1.82) is 0 Å². The van der Waals surface area contributed by atoms with Gasteiger partial charge in [0.25, 0.3) is 5.91 Å². The standard InChI is InChI=1S/C18H21N3O3/c1-23-15-6-4-13(5-7-15)21-18(22)17-11-14(8-9-19-17)20-12-16-3-2-10-24-16/h4-9,11,16H,2-3,10,12H2,1H3,(H,19,20)(H,21,22). The Bertz CT molecular complexity index is 682. The molecule has 1 fully saturated rings. The fourth-order valence-electron chi connectivity index (χ4n) is 2.57. The molecular formula is C18H21N3O3. The van der Waals surface area contributed by atoms with Crippen LogP contribution in [0.3, 0.4) is 0 Å². The summed E-state index contributed by atoms with van der Waals surface area (Å²) in [5.74, 6) is 0.493. The summed E-state index contributed by atoms with van der Waals surface area (Å²) in [5, 5.41) is 6.12. The summed E-state index contributed by atoms with van der Waals surface area (Å²) < 4.78 is 10.7. The molecule has 3 rings (SSSR count).